The minimum absolute atomic E-state index is 0.0355. The largest absolute Gasteiger partial charge is 0.497 e. The van der Waals surface area contributed by atoms with Crippen LogP contribution in [0.4, 0.5) is 0 Å². The highest BCUT2D eigenvalue weighted by molar-refractivity contribution is 5.91. The second-order valence-corrected chi connectivity index (χ2v) is 6.45. The van der Waals surface area contributed by atoms with Crippen LogP contribution in [0.15, 0.2) is 36.4 Å². The highest BCUT2D eigenvalue weighted by Gasteiger charge is 2.29. The van der Waals surface area contributed by atoms with Gasteiger partial charge in [0, 0.05) is 6.61 Å². The molecule has 1 fully saturated rings. The number of fused-ring (bicyclic) bond motifs is 1. The van der Waals surface area contributed by atoms with Gasteiger partial charge in [-0.05, 0) is 48.2 Å². The lowest BCUT2D eigenvalue weighted by Crippen LogP contribution is -2.52. The molecule has 1 heterocycles. The van der Waals surface area contributed by atoms with E-state index in [-0.39, 0.29) is 11.4 Å². The Morgan fingerprint density at radius 2 is 2.22 bits per heavy atom. The molecule has 1 saturated heterocycles. The molecule has 0 bridgehead atoms. The number of hydrogen-bond acceptors (Lipinski definition) is 3. The standard InChI is InChI=1S/C19H23NO3/c1-19(9-4-10-23-13-19)20-18(21)11-15-6-3-5-14-7-8-16(22-2)12-17(14)15/h3,5-8,12H,4,9-11,13H2,1-2H3,(H,20,21). The van der Waals surface area contributed by atoms with Crippen LogP contribution in [0, 0.1) is 0 Å². The fourth-order valence-corrected chi connectivity index (χ4v) is 3.18. The maximum Gasteiger partial charge on any atom is 0.224 e. The van der Waals surface area contributed by atoms with Crippen molar-refractivity contribution in [1.29, 1.82) is 0 Å². The summed E-state index contributed by atoms with van der Waals surface area (Å²) in [6.45, 7) is 3.42. The van der Waals surface area contributed by atoms with Gasteiger partial charge in [0.05, 0.1) is 25.7 Å². The lowest BCUT2D eigenvalue weighted by atomic mass is 9.94. The van der Waals surface area contributed by atoms with Gasteiger partial charge in [-0.15, -0.1) is 0 Å². The van der Waals surface area contributed by atoms with Crippen molar-refractivity contribution in [2.45, 2.75) is 31.7 Å². The Morgan fingerprint density at radius 1 is 1.35 bits per heavy atom. The first-order chi connectivity index (χ1) is 11.1. The fourth-order valence-electron chi connectivity index (χ4n) is 3.18. The van der Waals surface area contributed by atoms with Gasteiger partial charge in [-0.1, -0.05) is 24.3 Å². The third-order valence-corrected chi connectivity index (χ3v) is 4.41. The van der Waals surface area contributed by atoms with Gasteiger partial charge < -0.3 is 14.8 Å². The first-order valence-electron chi connectivity index (χ1n) is 8.04. The van der Waals surface area contributed by atoms with Crippen molar-refractivity contribution >= 4 is 16.7 Å². The number of nitrogens with one attached hydrogen (secondary N) is 1. The highest BCUT2D eigenvalue weighted by Crippen LogP contribution is 2.25. The summed E-state index contributed by atoms with van der Waals surface area (Å²) in [4.78, 5) is 12.5. The average Bonchev–Trinajstić information content (AvgIpc) is 2.55. The van der Waals surface area contributed by atoms with Crippen LogP contribution in [0.3, 0.4) is 0 Å². The Kier molecular flexibility index (Phi) is 4.53. The summed E-state index contributed by atoms with van der Waals surface area (Å²) < 4.78 is 10.8. The van der Waals surface area contributed by atoms with Gasteiger partial charge >= 0.3 is 0 Å². The second kappa shape index (κ2) is 6.59. The van der Waals surface area contributed by atoms with Crippen LogP contribution in [0.2, 0.25) is 0 Å². The van der Waals surface area contributed by atoms with Gasteiger partial charge in [0.15, 0.2) is 0 Å². The van der Waals surface area contributed by atoms with E-state index in [4.69, 9.17) is 9.47 Å². The van der Waals surface area contributed by atoms with Crippen molar-refractivity contribution in [3.05, 3.63) is 42.0 Å². The van der Waals surface area contributed by atoms with Crippen LogP contribution in [0.5, 0.6) is 5.75 Å². The van der Waals surface area contributed by atoms with E-state index in [9.17, 15) is 4.79 Å². The molecule has 0 radical (unpaired) electrons. The molecule has 0 aromatic heterocycles. The van der Waals surface area contributed by atoms with Gasteiger partial charge in [0.25, 0.3) is 0 Å². The van der Waals surface area contributed by atoms with Crippen LogP contribution >= 0.6 is 0 Å². The molecule has 4 heteroatoms. The van der Waals surface area contributed by atoms with Crippen LogP contribution in [0.1, 0.15) is 25.3 Å². The lowest BCUT2D eigenvalue weighted by Gasteiger charge is -2.34. The minimum atomic E-state index is -0.252. The molecular formula is C19H23NO3. The molecule has 0 spiro atoms. The zero-order valence-corrected chi connectivity index (χ0v) is 13.7. The van der Waals surface area contributed by atoms with Crippen LogP contribution in [-0.2, 0) is 16.0 Å². The number of methoxy groups -OCH3 is 1. The molecule has 1 aliphatic rings. The summed E-state index contributed by atoms with van der Waals surface area (Å²) in [6, 6.07) is 12.0. The Morgan fingerprint density at radius 3 is 2.96 bits per heavy atom. The molecule has 1 N–H and O–H groups in total. The van der Waals surface area contributed by atoms with Crippen molar-refractivity contribution in [2.24, 2.45) is 0 Å². The van der Waals surface area contributed by atoms with E-state index >= 15 is 0 Å². The summed E-state index contributed by atoms with van der Waals surface area (Å²) >= 11 is 0. The highest BCUT2D eigenvalue weighted by atomic mass is 16.5. The van der Waals surface area contributed by atoms with Gasteiger partial charge in [-0.2, -0.15) is 0 Å². The van der Waals surface area contributed by atoms with E-state index in [1.54, 1.807) is 7.11 Å². The molecule has 122 valence electrons. The predicted octanol–water partition coefficient (Wildman–Crippen LogP) is 3.08. The Balaban J connectivity index is 1.79. The molecule has 3 rings (SSSR count). The SMILES string of the molecule is COc1ccc2cccc(CC(=O)NC3(C)CCCOC3)c2c1. The molecule has 1 amide bonds. The third kappa shape index (κ3) is 3.64. The van der Waals surface area contributed by atoms with Crippen molar-refractivity contribution in [3.63, 3.8) is 0 Å². The smallest absolute Gasteiger partial charge is 0.224 e. The molecule has 0 saturated carbocycles. The van der Waals surface area contributed by atoms with Crippen LogP contribution < -0.4 is 10.1 Å². The number of hydrogen-bond donors (Lipinski definition) is 1. The first-order valence-corrected chi connectivity index (χ1v) is 8.04. The van der Waals surface area contributed by atoms with Crippen LogP contribution in [-0.4, -0.2) is 31.8 Å². The summed E-state index contributed by atoms with van der Waals surface area (Å²) in [5.41, 5.74) is 0.761. The number of ether oxygens (including phenoxy) is 2. The fraction of sp³-hybridized carbons (Fsp3) is 0.421. The predicted molar refractivity (Wildman–Crippen MR) is 90.8 cm³/mol. The van der Waals surface area contributed by atoms with E-state index in [1.807, 2.05) is 36.4 Å². The molecule has 2 aromatic rings. The maximum absolute atomic E-state index is 12.5. The van der Waals surface area contributed by atoms with Crippen molar-refractivity contribution in [3.8, 4) is 5.75 Å². The quantitative estimate of drug-likeness (QED) is 0.943. The maximum atomic E-state index is 12.5. The summed E-state index contributed by atoms with van der Waals surface area (Å²) in [7, 11) is 1.65. The zero-order chi connectivity index (χ0) is 16.3. The number of benzene rings is 2. The van der Waals surface area contributed by atoms with E-state index in [2.05, 4.69) is 12.2 Å². The molecule has 1 aliphatic heterocycles. The van der Waals surface area contributed by atoms with E-state index in [0.29, 0.717) is 13.0 Å². The average molecular weight is 313 g/mol. The van der Waals surface area contributed by atoms with Gasteiger partial charge in [-0.25, -0.2) is 0 Å². The van der Waals surface area contributed by atoms with Gasteiger partial charge in [0.1, 0.15) is 5.75 Å². The van der Waals surface area contributed by atoms with E-state index < -0.39 is 0 Å². The van der Waals surface area contributed by atoms with Crippen LogP contribution in [0.25, 0.3) is 10.8 Å². The molecular weight excluding hydrogens is 290 g/mol. The Hall–Kier alpha value is -2.07. The molecule has 0 aliphatic carbocycles. The zero-order valence-electron chi connectivity index (χ0n) is 13.7. The topological polar surface area (TPSA) is 47.6 Å². The summed E-state index contributed by atoms with van der Waals surface area (Å²) in [5, 5.41) is 5.32. The Bertz CT molecular complexity index is 705. The number of amides is 1. The molecule has 23 heavy (non-hydrogen) atoms. The lowest BCUT2D eigenvalue weighted by molar-refractivity contribution is -0.123. The summed E-state index contributed by atoms with van der Waals surface area (Å²) in [5.74, 6) is 0.839. The van der Waals surface area contributed by atoms with Gasteiger partial charge in [-0.3, -0.25) is 4.79 Å². The first kappa shape index (κ1) is 15.8. The molecule has 4 nitrogen and oxygen atoms in total. The van der Waals surface area contributed by atoms with E-state index in [1.165, 1.54) is 0 Å². The van der Waals surface area contributed by atoms with Crippen molar-refractivity contribution < 1.29 is 14.3 Å². The van der Waals surface area contributed by atoms with E-state index in [0.717, 1.165) is 41.5 Å². The monoisotopic (exact) mass is 313 g/mol. The summed E-state index contributed by atoms with van der Waals surface area (Å²) in [6.07, 6.45) is 2.31. The second-order valence-electron chi connectivity index (χ2n) is 6.45. The Labute approximate surface area is 136 Å². The van der Waals surface area contributed by atoms with Crippen molar-refractivity contribution in [2.75, 3.05) is 20.3 Å². The molecule has 1 atom stereocenters. The number of rotatable bonds is 4. The van der Waals surface area contributed by atoms with Crippen molar-refractivity contribution in [1.82, 2.24) is 5.32 Å². The minimum Gasteiger partial charge on any atom is -0.497 e. The number of carbonyl (C=O) groups excluding carboxylic acids is 1. The normalized spacial score (nSPS) is 21.1. The third-order valence-electron chi connectivity index (χ3n) is 4.41. The molecule has 2 aromatic carbocycles. The molecule has 1 unspecified atom stereocenters. The number of carbonyl (C=O) groups is 1. The van der Waals surface area contributed by atoms with Gasteiger partial charge in [0.2, 0.25) is 5.91 Å².